The van der Waals surface area contributed by atoms with Gasteiger partial charge in [0.1, 0.15) is 0 Å². The maximum absolute atomic E-state index is 10.7. The normalized spacial score (nSPS) is 9.85. The molecule has 0 bridgehead atoms. The summed E-state index contributed by atoms with van der Waals surface area (Å²) in [5.74, 6) is -2.78. The molecule has 3 N–H and O–H groups in total. The van der Waals surface area contributed by atoms with Crippen LogP contribution in [0.3, 0.4) is 0 Å². The minimum Gasteiger partial charge on any atom is -0.481 e. The molecule has 0 unspecified atom stereocenters. The van der Waals surface area contributed by atoms with Crippen molar-refractivity contribution in [3.05, 3.63) is 12.3 Å². The fourth-order valence-corrected chi connectivity index (χ4v) is 0.499. The lowest BCUT2D eigenvalue weighted by molar-refractivity contribution is -0.138. The lowest BCUT2D eigenvalue weighted by Gasteiger charge is -1.95. The number of hydrogen-bond donors (Lipinski definition) is 3. The van der Waals surface area contributed by atoms with Gasteiger partial charge in [-0.15, -0.1) is 0 Å². The van der Waals surface area contributed by atoms with Gasteiger partial charge in [-0.3, -0.25) is 9.59 Å². The van der Waals surface area contributed by atoms with Gasteiger partial charge < -0.3 is 15.5 Å². The summed E-state index contributed by atoms with van der Waals surface area (Å²) < 4.78 is 0. The molecule has 0 aliphatic carbocycles. The van der Waals surface area contributed by atoms with E-state index in [1.807, 2.05) is 0 Å². The van der Waals surface area contributed by atoms with Gasteiger partial charge in [0.15, 0.2) is 0 Å². The summed E-state index contributed by atoms with van der Waals surface area (Å²) in [7, 11) is 0. The first kappa shape index (κ1) is 11.2. The molecule has 0 atom stereocenters. The van der Waals surface area contributed by atoms with Crippen LogP contribution < -0.4 is 5.32 Å². The van der Waals surface area contributed by atoms with E-state index in [0.29, 0.717) is 0 Å². The monoisotopic (exact) mass is 187 g/mol. The molecule has 0 saturated heterocycles. The van der Waals surface area contributed by atoms with Gasteiger partial charge in [-0.1, -0.05) is 0 Å². The van der Waals surface area contributed by atoms with Gasteiger partial charge in [0.2, 0.25) is 5.91 Å². The Morgan fingerprint density at radius 2 is 1.77 bits per heavy atom. The van der Waals surface area contributed by atoms with E-state index < -0.39 is 17.8 Å². The number of carboxylic acids is 2. The van der Waals surface area contributed by atoms with Crippen molar-refractivity contribution in [1.82, 2.24) is 5.32 Å². The number of rotatable bonds is 5. The molecule has 0 saturated carbocycles. The van der Waals surface area contributed by atoms with Crippen molar-refractivity contribution in [1.29, 1.82) is 0 Å². The molecule has 0 aromatic heterocycles. The maximum atomic E-state index is 10.7. The highest BCUT2D eigenvalue weighted by molar-refractivity contribution is 5.83. The summed E-state index contributed by atoms with van der Waals surface area (Å²) in [4.78, 5) is 30.6. The van der Waals surface area contributed by atoms with Crippen LogP contribution in [0, 0.1) is 0 Å². The van der Waals surface area contributed by atoms with E-state index in [2.05, 4.69) is 5.32 Å². The van der Waals surface area contributed by atoms with E-state index in [4.69, 9.17) is 10.2 Å². The van der Waals surface area contributed by atoms with Crippen LogP contribution >= 0.6 is 0 Å². The van der Waals surface area contributed by atoms with Crippen LogP contribution in [0.2, 0.25) is 0 Å². The summed E-state index contributed by atoms with van der Waals surface area (Å²) in [5.41, 5.74) is 0. The second-order valence-electron chi connectivity index (χ2n) is 2.13. The first-order valence-electron chi connectivity index (χ1n) is 3.43. The van der Waals surface area contributed by atoms with Gasteiger partial charge in [0.25, 0.3) is 0 Å². The molecule has 6 heteroatoms. The smallest absolute Gasteiger partial charge is 0.329 e. The first-order valence-corrected chi connectivity index (χ1v) is 3.43. The maximum Gasteiger partial charge on any atom is 0.329 e. The van der Waals surface area contributed by atoms with Crippen molar-refractivity contribution in [2.24, 2.45) is 0 Å². The molecule has 0 aliphatic rings. The lowest BCUT2D eigenvalue weighted by atomic mass is 10.3. The average Bonchev–Trinajstić information content (AvgIpc) is 2.00. The summed E-state index contributed by atoms with van der Waals surface area (Å²) in [6.07, 6.45) is 1.26. The van der Waals surface area contributed by atoms with Crippen molar-refractivity contribution in [2.45, 2.75) is 12.8 Å². The van der Waals surface area contributed by atoms with Crippen LogP contribution in [0.25, 0.3) is 0 Å². The molecule has 0 rings (SSSR count). The quantitative estimate of drug-likeness (QED) is 0.506. The molecule has 0 fully saturated rings. The van der Waals surface area contributed by atoms with Crippen molar-refractivity contribution >= 4 is 17.8 Å². The summed E-state index contributed by atoms with van der Waals surface area (Å²) in [6, 6.07) is 0. The lowest BCUT2D eigenvalue weighted by Crippen LogP contribution is -2.18. The van der Waals surface area contributed by atoms with Crippen LogP contribution in [0.1, 0.15) is 12.8 Å². The first-order chi connectivity index (χ1) is 6.02. The predicted molar refractivity (Wildman–Crippen MR) is 41.8 cm³/mol. The molecule has 6 nitrogen and oxygen atoms in total. The number of hydrogen-bond acceptors (Lipinski definition) is 3. The zero-order valence-corrected chi connectivity index (χ0v) is 6.69. The zero-order chi connectivity index (χ0) is 10.3. The fourth-order valence-electron chi connectivity index (χ4n) is 0.499. The highest BCUT2D eigenvalue weighted by Crippen LogP contribution is 1.87. The van der Waals surface area contributed by atoms with Crippen LogP contribution in [-0.4, -0.2) is 28.1 Å². The fraction of sp³-hybridized carbons (Fsp3) is 0.286. The standard InChI is InChI=1S/C7H9NO5/c9-5(1-2-6(10)11)8-4-3-7(12)13/h3-4H,1-2H2,(H,8,9)(H,10,11)(H,12,13)/b4-3-. The molecular weight excluding hydrogens is 178 g/mol. The van der Waals surface area contributed by atoms with Gasteiger partial charge in [0.05, 0.1) is 6.42 Å². The summed E-state index contributed by atoms with van der Waals surface area (Å²) in [6.45, 7) is 0. The Kier molecular flexibility index (Phi) is 4.94. The SMILES string of the molecule is O=C(O)/C=C\NC(=O)CCC(=O)O. The largest absolute Gasteiger partial charge is 0.481 e. The molecule has 0 aromatic rings. The molecule has 0 radical (unpaired) electrons. The molecule has 0 aromatic carbocycles. The minimum atomic E-state index is -1.18. The van der Waals surface area contributed by atoms with Crippen molar-refractivity contribution in [2.75, 3.05) is 0 Å². The number of amides is 1. The third-order valence-corrected chi connectivity index (χ3v) is 1.04. The highest BCUT2D eigenvalue weighted by atomic mass is 16.4. The van der Waals surface area contributed by atoms with Gasteiger partial charge in [-0.2, -0.15) is 0 Å². The third-order valence-electron chi connectivity index (χ3n) is 1.04. The van der Waals surface area contributed by atoms with Gasteiger partial charge in [-0.25, -0.2) is 4.79 Å². The highest BCUT2D eigenvalue weighted by Gasteiger charge is 2.02. The number of aliphatic carboxylic acids is 2. The molecule has 1 amide bonds. The third kappa shape index (κ3) is 8.05. The summed E-state index contributed by atoms with van der Waals surface area (Å²) in [5, 5.41) is 18.4. The Morgan fingerprint density at radius 1 is 1.15 bits per heavy atom. The second-order valence-corrected chi connectivity index (χ2v) is 2.13. The minimum absolute atomic E-state index is 0.167. The van der Waals surface area contributed by atoms with Crippen LogP contribution in [0.15, 0.2) is 12.3 Å². The Hall–Kier alpha value is -1.85. The van der Waals surface area contributed by atoms with Gasteiger partial charge in [0, 0.05) is 18.7 Å². The van der Waals surface area contributed by atoms with Gasteiger partial charge in [-0.05, 0) is 0 Å². The van der Waals surface area contributed by atoms with Crippen molar-refractivity contribution in [3.8, 4) is 0 Å². The van der Waals surface area contributed by atoms with E-state index >= 15 is 0 Å². The Morgan fingerprint density at radius 3 is 2.23 bits per heavy atom. The van der Waals surface area contributed by atoms with E-state index in [0.717, 1.165) is 12.3 Å². The van der Waals surface area contributed by atoms with E-state index in [1.165, 1.54) is 0 Å². The van der Waals surface area contributed by atoms with Crippen LogP contribution in [0.5, 0.6) is 0 Å². The number of carboxylic acid groups (broad SMARTS) is 2. The van der Waals surface area contributed by atoms with Gasteiger partial charge >= 0.3 is 11.9 Å². The van der Waals surface area contributed by atoms with Crippen molar-refractivity contribution < 1.29 is 24.6 Å². The Labute approximate surface area is 73.9 Å². The number of carbonyl (C=O) groups excluding carboxylic acids is 1. The molecule has 13 heavy (non-hydrogen) atoms. The molecular formula is C7H9NO5. The molecule has 0 heterocycles. The Bertz CT molecular complexity index is 245. The topological polar surface area (TPSA) is 104 Å². The van der Waals surface area contributed by atoms with E-state index in [1.54, 1.807) is 0 Å². The second kappa shape index (κ2) is 5.76. The van der Waals surface area contributed by atoms with Crippen LogP contribution in [0.4, 0.5) is 0 Å². The number of carbonyl (C=O) groups is 3. The molecule has 0 aliphatic heterocycles. The number of nitrogens with one attached hydrogen (secondary N) is 1. The van der Waals surface area contributed by atoms with E-state index in [-0.39, 0.29) is 12.8 Å². The molecule has 72 valence electrons. The van der Waals surface area contributed by atoms with Crippen molar-refractivity contribution in [3.63, 3.8) is 0 Å². The Balaban J connectivity index is 3.63. The van der Waals surface area contributed by atoms with E-state index in [9.17, 15) is 14.4 Å². The van der Waals surface area contributed by atoms with Crippen LogP contribution in [-0.2, 0) is 14.4 Å². The molecule has 0 spiro atoms. The predicted octanol–water partition coefficient (Wildman–Crippen LogP) is -0.434. The average molecular weight is 187 g/mol. The summed E-state index contributed by atoms with van der Waals surface area (Å²) >= 11 is 0. The zero-order valence-electron chi connectivity index (χ0n) is 6.69.